The van der Waals surface area contributed by atoms with Gasteiger partial charge in [-0.25, -0.2) is 0 Å². The second kappa shape index (κ2) is 5.80. The summed E-state index contributed by atoms with van der Waals surface area (Å²) in [5, 5.41) is 0. The zero-order valence-electron chi connectivity index (χ0n) is 10.3. The number of ketones is 1. The summed E-state index contributed by atoms with van der Waals surface area (Å²) in [4.78, 5) is 16.0. The van der Waals surface area contributed by atoms with E-state index in [1.54, 1.807) is 12.4 Å². The smallest absolute Gasteiger partial charge is 0.164 e. The van der Waals surface area contributed by atoms with Crippen molar-refractivity contribution in [2.75, 3.05) is 6.61 Å². The quantitative estimate of drug-likeness (QED) is 0.708. The fraction of sp³-hybridized carbons (Fsp3) is 0.571. The monoisotopic (exact) mass is 233 g/mol. The SMILES string of the molecule is CCCOc1cncc(C(=O)CC2CCC2)c1. The van der Waals surface area contributed by atoms with Crippen LogP contribution in [-0.2, 0) is 0 Å². The molecule has 2 rings (SSSR count). The minimum Gasteiger partial charge on any atom is -0.492 e. The number of rotatable bonds is 6. The molecule has 0 saturated heterocycles. The van der Waals surface area contributed by atoms with Crippen molar-refractivity contribution < 1.29 is 9.53 Å². The van der Waals surface area contributed by atoms with Crippen molar-refractivity contribution in [3.63, 3.8) is 0 Å². The number of ether oxygens (including phenoxy) is 1. The number of carbonyl (C=O) groups excluding carboxylic acids is 1. The number of Topliss-reactive ketones (excluding diaryl/α,β-unsaturated/α-hetero) is 1. The molecule has 1 saturated carbocycles. The molecule has 0 unspecified atom stereocenters. The van der Waals surface area contributed by atoms with E-state index in [9.17, 15) is 4.79 Å². The molecule has 1 aromatic heterocycles. The molecule has 17 heavy (non-hydrogen) atoms. The topological polar surface area (TPSA) is 39.2 Å². The highest BCUT2D eigenvalue weighted by Gasteiger charge is 2.21. The zero-order chi connectivity index (χ0) is 12.1. The third-order valence-corrected chi connectivity index (χ3v) is 3.21. The van der Waals surface area contributed by atoms with Crippen molar-refractivity contribution in [1.82, 2.24) is 4.98 Å². The van der Waals surface area contributed by atoms with Crippen LogP contribution in [0.3, 0.4) is 0 Å². The van der Waals surface area contributed by atoms with Gasteiger partial charge in [0.1, 0.15) is 5.75 Å². The molecule has 1 aliphatic rings. The third-order valence-electron chi connectivity index (χ3n) is 3.21. The Morgan fingerprint density at radius 1 is 1.47 bits per heavy atom. The summed E-state index contributed by atoms with van der Waals surface area (Å²) in [6, 6.07) is 1.81. The Bertz CT molecular complexity index is 386. The van der Waals surface area contributed by atoms with Crippen LogP contribution in [0.2, 0.25) is 0 Å². The average Bonchev–Trinajstić information content (AvgIpc) is 2.31. The fourth-order valence-electron chi connectivity index (χ4n) is 1.95. The van der Waals surface area contributed by atoms with Gasteiger partial charge in [0.15, 0.2) is 5.78 Å². The standard InChI is InChI=1S/C14H19NO2/c1-2-6-17-13-8-12(9-15-10-13)14(16)7-11-4-3-5-11/h8-11H,2-7H2,1H3. The zero-order valence-corrected chi connectivity index (χ0v) is 10.3. The summed E-state index contributed by atoms with van der Waals surface area (Å²) >= 11 is 0. The Balaban J connectivity index is 1.96. The number of carbonyl (C=O) groups is 1. The van der Waals surface area contributed by atoms with Gasteiger partial charge in [0, 0.05) is 18.2 Å². The van der Waals surface area contributed by atoms with E-state index in [0.717, 1.165) is 6.42 Å². The maximum atomic E-state index is 12.0. The highest BCUT2D eigenvalue weighted by Crippen LogP contribution is 2.30. The predicted octanol–water partition coefficient (Wildman–Crippen LogP) is 3.24. The van der Waals surface area contributed by atoms with Gasteiger partial charge in [0.2, 0.25) is 0 Å². The van der Waals surface area contributed by atoms with Crippen LogP contribution in [0.25, 0.3) is 0 Å². The van der Waals surface area contributed by atoms with Crippen LogP contribution < -0.4 is 4.74 Å². The first-order valence-corrected chi connectivity index (χ1v) is 6.40. The van der Waals surface area contributed by atoms with Gasteiger partial charge in [-0.05, 0) is 18.4 Å². The second-order valence-corrected chi connectivity index (χ2v) is 4.68. The second-order valence-electron chi connectivity index (χ2n) is 4.68. The third kappa shape index (κ3) is 3.29. The lowest BCUT2D eigenvalue weighted by Crippen LogP contribution is -2.16. The van der Waals surface area contributed by atoms with Crippen LogP contribution in [0.1, 0.15) is 49.4 Å². The van der Waals surface area contributed by atoms with Gasteiger partial charge < -0.3 is 4.74 Å². The Hall–Kier alpha value is -1.38. The summed E-state index contributed by atoms with van der Waals surface area (Å²) in [5.41, 5.74) is 0.686. The van der Waals surface area contributed by atoms with Crippen molar-refractivity contribution in [1.29, 1.82) is 0 Å². The van der Waals surface area contributed by atoms with Crippen LogP contribution in [0, 0.1) is 5.92 Å². The van der Waals surface area contributed by atoms with E-state index in [0.29, 0.717) is 30.3 Å². The summed E-state index contributed by atoms with van der Waals surface area (Å²) < 4.78 is 5.48. The van der Waals surface area contributed by atoms with Gasteiger partial charge >= 0.3 is 0 Å². The lowest BCUT2D eigenvalue weighted by molar-refractivity contribution is 0.0935. The van der Waals surface area contributed by atoms with Crippen LogP contribution in [0.15, 0.2) is 18.5 Å². The lowest BCUT2D eigenvalue weighted by atomic mass is 9.81. The van der Waals surface area contributed by atoms with Crippen LogP contribution in [0.4, 0.5) is 0 Å². The molecule has 3 heteroatoms. The molecule has 0 spiro atoms. The first kappa shape index (κ1) is 12.1. The Morgan fingerprint density at radius 2 is 2.29 bits per heavy atom. The molecule has 0 N–H and O–H groups in total. The van der Waals surface area contributed by atoms with Crippen molar-refractivity contribution in [3.05, 3.63) is 24.0 Å². The van der Waals surface area contributed by atoms with Gasteiger partial charge in [-0.15, -0.1) is 0 Å². The molecule has 0 bridgehead atoms. The van der Waals surface area contributed by atoms with Gasteiger partial charge in [-0.1, -0.05) is 26.2 Å². The summed E-state index contributed by atoms with van der Waals surface area (Å²) in [6.45, 7) is 2.72. The Kier molecular flexibility index (Phi) is 4.13. The molecule has 0 amide bonds. The largest absolute Gasteiger partial charge is 0.492 e. The minimum atomic E-state index is 0.198. The maximum Gasteiger partial charge on any atom is 0.164 e. The first-order chi connectivity index (χ1) is 8.29. The van der Waals surface area contributed by atoms with E-state index in [2.05, 4.69) is 11.9 Å². The predicted molar refractivity (Wildman–Crippen MR) is 66.3 cm³/mol. The fourth-order valence-corrected chi connectivity index (χ4v) is 1.95. The number of nitrogens with zero attached hydrogens (tertiary/aromatic N) is 1. The molecule has 92 valence electrons. The molecule has 0 atom stereocenters. The van der Waals surface area contributed by atoms with Crippen molar-refractivity contribution in [2.45, 2.75) is 39.0 Å². The molecule has 3 nitrogen and oxygen atoms in total. The van der Waals surface area contributed by atoms with Crippen LogP contribution >= 0.6 is 0 Å². The van der Waals surface area contributed by atoms with E-state index in [-0.39, 0.29) is 5.78 Å². The van der Waals surface area contributed by atoms with Gasteiger partial charge in [-0.3, -0.25) is 9.78 Å². The summed E-state index contributed by atoms with van der Waals surface area (Å²) in [5.74, 6) is 1.50. The Morgan fingerprint density at radius 3 is 2.94 bits per heavy atom. The molecular weight excluding hydrogens is 214 g/mol. The lowest BCUT2D eigenvalue weighted by Gasteiger charge is -2.24. The van der Waals surface area contributed by atoms with Gasteiger partial charge in [0.05, 0.1) is 12.8 Å². The van der Waals surface area contributed by atoms with Crippen LogP contribution in [0.5, 0.6) is 5.75 Å². The molecule has 1 heterocycles. The highest BCUT2D eigenvalue weighted by atomic mass is 16.5. The Labute approximate surface area is 102 Å². The van der Waals surface area contributed by atoms with Gasteiger partial charge in [-0.2, -0.15) is 0 Å². The number of aromatic nitrogens is 1. The van der Waals surface area contributed by atoms with Crippen LogP contribution in [-0.4, -0.2) is 17.4 Å². The summed E-state index contributed by atoms with van der Waals surface area (Å²) in [7, 11) is 0. The van der Waals surface area contributed by atoms with E-state index >= 15 is 0 Å². The van der Waals surface area contributed by atoms with Crippen molar-refractivity contribution in [3.8, 4) is 5.75 Å². The molecule has 1 fully saturated rings. The number of pyridine rings is 1. The van der Waals surface area contributed by atoms with Crippen molar-refractivity contribution >= 4 is 5.78 Å². The number of hydrogen-bond acceptors (Lipinski definition) is 3. The highest BCUT2D eigenvalue weighted by molar-refractivity contribution is 5.96. The van der Waals surface area contributed by atoms with Crippen molar-refractivity contribution in [2.24, 2.45) is 5.92 Å². The molecular formula is C14H19NO2. The summed E-state index contributed by atoms with van der Waals surface area (Å²) in [6.07, 6.45) is 8.60. The normalized spacial score (nSPS) is 15.4. The van der Waals surface area contributed by atoms with E-state index in [1.165, 1.54) is 19.3 Å². The maximum absolute atomic E-state index is 12.0. The minimum absolute atomic E-state index is 0.198. The molecule has 0 aliphatic heterocycles. The molecule has 0 aromatic carbocycles. The molecule has 1 aliphatic carbocycles. The molecule has 0 radical (unpaired) electrons. The number of hydrogen-bond donors (Lipinski definition) is 0. The average molecular weight is 233 g/mol. The van der Waals surface area contributed by atoms with E-state index < -0.39 is 0 Å². The molecule has 1 aromatic rings. The van der Waals surface area contributed by atoms with E-state index in [1.807, 2.05) is 6.07 Å². The van der Waals surface area contributed by atoms with E-state index in [4.69, 9.17) is 4.74 Å². The first-order valence-electron chi connectivity index (χ1n) is 6.40. The van der Waals surface area contributed by atoms with Gasteiger partial charge in [0.25, 0.3) is 0 Å².